The van der Waals surface area contributed by atoms with Crippen molar-refractivity contribution in [3.63, 3.8) is 0 Å². The summed E-state index contributed by atoms with van der Waals surface area (Å²) in [6, 6.07) is 7.53. The maximum atomic E-state index is 9.06. The molecule has 0 heterocycles. The first-order chi connectivity index (χ1) is 17.4. The highest BCUT2D eigenvalue weighted by Gasteiger charge is 2.35. The molecule has 0 saturated carbocycles. The second kappa shape index (κ2) is 15.2. The van der Waals surface area contributed by atoms with Crippen molar-refractivity contribution >= 4 is 23.5 Å². The van der Waals surface area contributed by atoms with Gasteiger partial charge < -0.3 is 10.2 Å². The summed E-state index contributed by atoms with van der Waals surface area (Å²) in [6.45, 7) is 27.1. The van der Waals surface area contributed by atoms with Crippen LogP contribution in [0.25, 0.3) is 0 Å². The fraction of sp³-hybridized carbons (Fsp3) is 0.824. The molecule has 0 amide bonds. The van der Waals surface area contributed by atoms with Crippen LogP contribution in [0.2, 0.25) is 0 Å². The van der Waals surface area contributed by atoms with Gasteiger partial charge in [0.1, 0.15) is 0 Å². The zero-order valence-corrected chi connectivity index (χ0v) is 28.6. The summed E-state index contributed by atoms with van der Waals surface area (Å²) < 4.78 is 0. The maximum Gasteiger partial charge on any atom is 0.0521 e. The summed E-state index contributed by atoms with van der Waals surface area (Å²) in [7, 11) is 0. The van der Waals surface area contributed by atoms with Gasteiger partial charge in [0.25, 0.3) is 0 Å². The number of hydrogen-bond donors (Lipinski definition) is 2. The summed E-state index contributed by atoms with van der Waals surface area (Å²) in [4.78, 5) is 0. The van der Waals surface area contributed by atoms with Gasteiger partial charge >= 0.3 is 0 Å². The van der Waals surface area contributed by atoms with Gasteiger partial charge in [-0.15, -0.1) is 0 Å². The van der Waals surface area contributed by atoms with E-state index in [1.54, 1.807) is 0 Å². The fourth-order valence-corrected chi connectivity index (χ4v) is 7.62. The van der Waals surface area contributed by atoms with Gasteiger partial charge in [-0.2, -0.15) is 23.5 Å². The number of thioether (sulfide) groups is 2. The second-order valence-corrected chi connectivity index (χ2v) is 17.8. The van der Waals surface area contributed by atoms with E-state index in [1.165, 1.54) is 42.4 Å². The molecule has 0 aliphatic carbocycles. The minimum absolute atomic E-state index is 0.0906. The molecule has 0 unspecified atom stereocenters. The van der Waals surface area contributed by atoms with Gasteiger partial charge in [-0.05, 0) is 93.8 Å². The predicted octanol–water partition coefficient (Wildman–Crippen LogP) is 9.38. The van der Waals surface area contributed by atoms with Gasteiger partial charge in [0.2, 0.25) is 0 Å². The van der Waals surface area contributed by atoms with Gasteiger partial charge in [0.05, 0.1) is 13.2 Å². The van der Waals surface area contributed by atoms with Crippen molar-refractivity contribution < 1.29 is 10.2 Å². The van der Waals surface area contributed by atoms with Gasteiger partial charge in [0.15, 0.2) is 0 Å². The van der Waals surface area contributed by atoms with Gasteiger partial charge in [-0.1, -0.05) is 94.4 Å². The van der Waals surface area contributed by atoms with Crippen LogP contribution in [-0.4, -0.2) is 46.4 Å². The first-order valence-electron chi connectivity index (χ1n) is 14.9. The largest absolute Gasteiger partial charge is 0.396 e. The van der Waals surface area contributed by atoms with Crippen LogP contribution in [0.1, 0.15) is 131 Å². The summed E-state index contributed by atoms with van der Waals surface area (Å²) >= 11 is 3.74. The first kappa shape index (κ1) is 35.9. The SMILES string of the molecule is CC(C)(CCCSCCO)CC(C)(C)c1cc(C(C)(C)C)cc(C(C)(C)CC(C)(C)CCCSCCO)c1. The molecule has 0 saturated heterocycles. The van der Waals surface area contributed by atoms with Crippen LogP contribution in [0.4, 0.5) is 0 Å². The van der Waals surface area contributed by atoms with Crippen molar-refractivity contribution in [2.75, 3.05) is 36.2 Å². The van der Waals surface area contributed by atoms with Crippen LogP contribution in [0.3, 0.4) is 0 Å². The van der Waals surface area contributed by atoms with E-state index >= 15 is 0 Å². The Hall–Kier alpha value is -0.160. The smallest absolute Gasteiger partial charge is 0.0521 e. The molecule has 1 aromatic rings. The van der Waals surface area contributed by atoms with Crippen LogP contribution in [0.15, 0.2) is 18.2 Å². The Kier molecular flexibility index (Phi) is 14.3. The van der Waals surface area contributed by atoms with Crippen molar-refractivity contribution in [1.82, 2.24) is 0 Å². The van der Waals surface area contributed by atoms with Gasteiger partial charge in [0, 0.05) is 11.5 Å². The zero-order valence-electron chi connectivity index (χ0n) is 26.9. The zero-order chi connectivity index (χ0) is 29.3. The van der Waals surface area contributed by atoms with E-state index in [0.29, 0.717) is 0 Å². The Morgan fingerprint density at radius 3 is 1.18 bits per heavy atom. The van der Waals surface area contributed by atoms with Gasteiger partial charge in [-0.3, -0.25) is 0 Å². The lowest BCUT2D eigenvalue weighted by Gasteiger charge is -2.39. The normalized spacial score (nSPS) is 13.8. The molecule has 2 nitrogen and oxygen atoms in total. The molecule has 0 bridgehead atoms. The monoisotopic (exact) mass is 566 g/mol. The molecule has 0 aromatic heterocycles. The minimum Gasteiger partial charge on any atom is -0.396 e. The molecule has 2 N–H and O–H groups in total. The minimum atomic E-state index is 0.0906. The number of hydrogen-bond acceptors (Lipinski definition) is 4. The molecule has 0 aliphatic rings. The highest BCUT2D eigenvalue weighted by Crippen LogP contribution is 2.45. The molecule has 0 radical (unpaired) electrons. The molecule has 222 valence electrons. The molecule has 0 aliphatic heterocycles. The van der Waals surface area contributed by atoms with Crippen LogP contribution in [0.5, 0.6) is 0 Å². The Bertz CT molecular complexity index is 760. The molecular weight excluding hydrogens is 505 g/mol. The maximum absolute atomic E-state index is 9.06. The molecule has 38 heavy (non-hydrogen) atoms. The number of benzene rings is 1. The third-order valence-corrected chi connectivity index (χ3v) is 10.1. The highest BCUT2D eigenvalue weighted by atomic mass is 32.2. The van der Waals surface area contributed by atoms with Crippen molar-refractivity contribution in [3.05, 3.63) is 34.9 Å². The Morgan fingerprint density at radius 1 is 0.526 bits per heavy atom. The third-order valence-electron chi connectivity index (χ3n) is 7.96. The summed E-state index contributed by atoms with van der Waals surface area (Å²) in [5.41, 5.74) is 5.24. The molecule has 0 spiro atoms. The lowest BCUT2D eigenvalue weighted by atomic mass is 9.66. The summed E-state index contributed by atoms with van der Waals surface area (Å²) in [5.74, 6) is 3.98. The van der Waals surface area contributed by atoms with E-state index in [2.05, 4.69) is 94.4 Å². The van der Waals surface area contributed by atoms with Crippen molar-refractivity contribution in [2.45, 2.75) is 131 Å². The van der Waals surface area contributed by atoms with E-state index in [-0.39, 0.29) is 40.3 Å². The van der Waals surface area contributed by atoms with E-state index in [4.69, 9.17) is 10.2 Å². The fourth-order valence-electron chi connectivity index (χ4n) is 6.25. The van der Waals surface area contributed by atoms with Crippen LogP contribution < -0.4 is 0 Å². The average molecular weight is 567 g/mol. The second-order valence-electron chi connectivity index (χ2n) is 15.4. The van der Waals surface area contributed by atoms with Crippen molar-refractivity contribution in [3.8, 4) is 0 Å². The van der Waals surface area contributed by atoms with Crippen LogP contribution >= 0.6 is 23.5 Å². The van der Waals surface area contributed by atoms with Crippen molar-refractivity contribution in [2.24, 2.45) is 10.8 Å². The van der Waals surface area contributed by atoms with Gasteiger partial charge in [-0.25, -0.2) is 0 Å². The standard InChI is InChI=1S/C34H62O2S2/c1-30(2,3)27-22-28(33(8,9)25-31(4,5)14-12-18-37-20-16-35)24-29(23-27)34(10,11)26-32(6,7)15-13-19-38-21-17-36/h22-24,35-36H,12-21,25-26H2,1-11H3. The van der Waals surface area contributed by atoms with Crippen LogP contribution in [-0.2, 0) is 16.2 Å². The molecular formula is C34H62O2S2. The molecule has 1 aromatic carbocycles. The number of rotatable bonds is 18. The molecule has 0 atom stereocenters. The number of aliphatic hydroxyl groups excluding tert-OH is 2. The first-order valence-corrected chi connectivity index (χ1v) is 17.2. The Labute approximate surface area is 245 Å². The van der Waals surface area contributed by atoms with E-state index in [9.17, 15) is 0 Å². The summed E-state index contributed by atoms with van der Waals surface area (Å²) in [5, 5.41) is 18.1. The van der Waals surface area contributed by atoms with E-state index < -0.39 is 0 Å². The molecule has 0 fully saturated rings. The Balaban J connectivity index is 3.18. The average Bonchev–Trinajstić information content (AvgIpc) is 2.76. The Morgan fingerprint density at radius 2 is 0.868 bits per heavy atom. The third kappa shape index (κ3) is 13.0. The van der Waals surface area contributed by atoms with Crippen LogP contribution in [0, 0.1) is 10.8 Å². The lowest BCUT2D eigenvalue weighted by Crippen LogP contribution is -2.30. The number of aliphatic hydroxyl groups is 2. The lowest BCUT2D eigenvalue weighted by molar-refractivity contribution is 0.233. The van der Waals surface area contributed by atoms with E-state index in [0.717, 1.165) is 35.9 Å². The molecule has 4 heteroatoms. The summed E-state index contributed by atoms with van der Waals surface area (Å²) in [6.07, 6.45) is 7.18. The predicted molar refractivity (Wildman–Crippen MR) is 175 cm³/mol. The van der Waals surface area contributed by atoms with E-state index in [1.807, 2.05) is 23.5 Å². The quantitative estimate of drug-likeness (QED) is 0.174. The molecule has 1 rings (SSSR count). The highest BCUT2D eigenvalue weighted by molar-refractivity contribution is 7.99. The topological polar surface area (TPSA) is 40.5 Å². The van der Waals surface area contributed by atoms with Crippen molar-refractivity contribution in [1.29, 1.82) is 0 Å².